The second kappa shape index (κ2) is 8.01. The number of benzene rings is 2. The van der Waals surface area contributed by atoms with Crippen molar-refractivity contribution >= 4 is 17.0 Å². The summed E-state index contributed by atoms with van der Waals surface area (Å²) in [5.41, 5.74) is 2.95. The first kappa shape index (κ1) is 17.9. The maximum absolute atomic E-state index is 11.2. The molecule has 0 spiro atoms. The minimum atomic E-state index is -0.960. The molecule has 26 heavy (non-hydrogen) atoms. The molecular formula is C20H22N2O4. The van der Waals surface area contributed by atoms with Crippen LogP contribution >= 0.6 is 0 Å². The Kier molecular flexibility index (Phi) is 5.53. The summed E-state index contributed by atoms with van der Waals surface area (Å²) >= 11 is 0. The lowest BCUT2D eigenvalue weighted by Gasteiger charge is -2.10. The number of carboxylic acid groups (broad SMARTS) is 1. The van der Waals surface area contributed by atoms with E-state index in [0.717, 1.165) is 30.1 Å². The molecular weight excluding hydrogens is 332 g/mol. The lowest BCUT2D eigenvalue weighted by Crippen LogP contribution is -2.09. The number of hydrogen-bond acceptors (Lipinski definition) is 4. The van der Waals surface area contributed by atoms with Gasteiger partial charge in [-0.15, -0.1) is 0 Å². The van der Waals surface area contributed by atoms with Gasteiger partial charge in [-0.3, -0.25) is 0 Å². The zero-order chi connectivity index (χ0) is 18.5. The number of ether oxygens (including phenoxy) is 2. The molecule has 1 N–H and O–H groups in total. The van der Waals surface area contributed by atoms with Crippen molar-refractivity contribution in [1.82, 2.24) is 9.55 Å². The van der Waals surface area contributed by atoms with Crippen LogP contribution in [-0.2, 0) is 17.9 Å². The van der Waals surface area contributed by atoms with Gasteiger partial charge in [0.05, 0.1) is 16.6 Å². The summed E-state index contributed by atoms with van der Waals surface area (Å²) in [5.74, 6) is 0.579. The van der Waals surface area contributed by atoms with Crippen molar-refractivity contribution in [2.45, 2.75) is 26.5 Å². The smallest absolute Gasteiger partial charge is 0.335 e. The summed E-state index contributed by atoms with van der Waals surface area (Å²) in [6.45, 7) is 3.71. The molecule has 0 fully saturated rings. The number of imidazole rings is 1. The topological polar surface area (TPSA) is 73.6 Å². The normalized spacial score (nSPS) is 11.0. The third kappa shape index (κ3) is 4.03. The molecule has 3 aromatic rings. The third-order valence-corrected chi connectivity index (χ3v) is 4.19. The quantitative estimate of drug-likeness (QED) is 0.625. The number of hydrogen-bond donors (Lipinski definition) is 1. The highest BCUT2D eigenvalue weighted by Gasteiger charge is 2.13. The van der Waals surface area contributed by atoms with Crippen LogP contribution in [-0.4, -0.2) is 34.3 Å². The van der Waals surface area contributed by atoms with Crippen LogP contribution in [0, 0.1) is 6.92 Å². The summed E-state index contributed by atoms with van der Waals surface area (Å²) in [6.07, 6.45) is 0.834. The van der Waals surface area contributed by atoms with E-state index in [0.29, 0.717) is 18.7 Å². The van der Waals surface area contributed by atoms with Crippen molar-refractivity contribution in [2.75, 3.05) is 13.7 Å². The summed E-state index contributed by atoms with van der Waals surface area (Å²) in [5, 5.41) is 9.19. The Morgan fingerprint density at radius 1 is 1.19 bits per heavy atom. The first-order valence-corrected chi connectivity index (χ1v) is 8.49. The zero-order valence-electron chi connectivity index (χ0n) is 14.9. The minimum absolute atomic E-state index is 0.227. The Hall–Kier alpha value is -2.86. The van der Waals surface area contributed by atoms with Crippen LogP contribution < -0.4 is 4.74 Å². The second-order valence-corrected chi connectivity index (χ2v) is 6.14. The van der Waals surface area contributed by atoms with Crippen molar-refractivity contribution in [3.8, 4) is 5.75 Å². The summed E-state index contributed by atoms with van der Waals surface area (Å²) in [6, 6.07) is 12.8. The van der Waals surface area contributed by atoms with Crippen molar-refractivity contribution in [2.24, 2.45) is 0 Å². The van der Waals surface area contributed by atoms with Crippen molar-refractivity contribution in [3.63, 3.8) is 0 Å². The van der Waals surface area contributed by atoms with E-state index < -0.39 is 5.97 Å². The SMILES string of the molecule is COCCCn1c(COc2ccc(C)cc2)nc2cc(C(=O)O)ccc21. The van der Waals surface area contributed by atoms with Crippen LogP contribution in [0.5, 0.6) is 5.75 Å². The van der Waals surface area contributed by atoms with E-state index in [1.165, 1.54) is 5.56 Å². The number of aryl methyl sites for hydroxylation is 2. The molecule has 0 aliphatic heterocycles. The summed E-state index contributed by atoms with van der Waals surface area (Å²) in [7, 11) is 1.67. The minimum Gasteiger partial charge on any atom is -0.486 e. The van der Waals surface area contributed by atoms with E-state index in [2.05, 4.69) is 9.55 Å². The van der Waals surface area contributed by atoms with Gasteiger partial charge >= 0.3 is 5.97 Å². The van der Waals surface area contributed by atoms with Gasteiger partial charge in [0.1, 0.15) is 18.2 Å². The van der Waals surface area contributed by atoms with Gasteiger partial charge in [0.2, 0.25) is 0 Å². The molecule has 6 nitrogen and oxygen atoms in total. The number of methoxy groups -OCH3 is 1. The average molecular weight is 354 g/mol. The molecule has 0 amide bonds. The van der Waals surface area contributed by atoms with Crippen molar-refractivity contribution in [1.29, 1.82) is 0 Å². The molecule has 0 aliphatic rings. The Labute approximate surface area is 152 Å². The molecule has 0 bridgehead atoms. The van der Waals surface area contributed by atoms with Crippen LogP contribution in [0.2, 0.25) is 0 Å². The number of carboxylic acids is 1. The van der Waals surface area contributed by atoms with Gasteiger partial charge in [0.25, 0.3) is 0 Å². The number of rotatable bonds is 8. The maximum Gasteiger partial charge on any atom is 0.335 e. The molecule has 1 aromatic heterocycles. The van der Waals surface area contributed by atoms with Crippen molar-refractivity contribution in [3.05, 3.63) is 59.4 Å². The standard InChI is InChI=1S/C20H22N2O4/c1-14-4-7-16(8-5-14)26-13-19-21-17-12-15(20(23)24)6-9-18(17)22(19)10-3-11-25-2/h4-9,12H,3,10-11,13H2,1-2H3,(H,23,24). The van der Waals surface area contributed by atoms with E-state index in [1.807, 2.05) is 31.2 Å². The Morgan fingerprint density at radius 2 is 1.96 bits per heavy atom. The molecule has 0 saturated heterocycles. The van der Waals surface area contributed by atoms with Crippen LogP contribution in [0.3, 0.4) is 0 Å². The zero-order valence-corrected chi connectivity index (χ0v) is 14.9. The fourth-order valence-electron chi connectivity index (χ4n) is 2.82. The first-order chi connectivity index (χ1) is 12.6. The Balaban J connectivity index is 1.88. The van der Waals surface area contributed by atoms with Crippen LogP contribution in [0.15, 0.2) is 42.5 Å². The number of nitrogens with zero attached hydrogens (tertiary/aromatic N) is 2. The Bertz CT molecular complexity index is 900. The lowest BCUT2D eigenvalue weighted by atomic mass is 10.2. The summed E-state index contributed by atoms with van der Waals surface area (Å²) < 4.78 is 13.1. The Morgan fingerprint density at radius 3 is 2.65 bits per heavy atom. The first-order valence-electron chi connectivity index (χ1n) is 8.49. The maximum atomic E-state index is 11.2. The highest BCUT2D eigenvalue weighted by atomic mass is 16.5. The van der Waals surface area contributed by atoms with Crippen LogP contribution in [0.4, 0.5) is 0 Å². The molecule has 0 saturated carbocycles. The third-order valence-electron chi connectivity index (χ3n) is 4.19. The van der Waals surface area contributed by atoms with Gasteiger partial charge < -0.3 is 19.1 Å². The second-order valence-electron chi connectivity index (χ2n) is 6.14. The fraction of sp³-hybridized carbons (Fsp3) is 0.300. The molecule has 6 heteroatoms. The molecule has 0 aliphatic carbocycles. The predicted octanol–water partition coefficient (Wildman–Crippen LogP) is 3.66. The van der Waals surface area contributed by atoms with Crippen LogP contribution in [0.25, 0.3) is 11.0 Å². The van der Waals surface area contributed by atoms with E-state index in [-0.39, 0.29) is 5.56 Å². The number of aromatic nitrogens is 2. The van der Waals surface area contributed by atoms with E-state index in [9.17, 15) is 9.90 Å². The molecule has 3 rings (SSSR count). The van der Waals surface area contributed by atoms with Gasteiger partial charge in [0, 0.05) is 20.3 Å². The van der Waals surface area contributed by atoms with E-state index in [1.54, 1.807) is 25.3 Å². The molecule has 0 unspecified atom stereocenters. The molecule has 0 radical (unpaired) electrons. The predicted molar refractivity (Wildman–Crippen MR) is 98.7 cm³/mol. The van der Waals surface area contributed by atoms with Crippen LogP contribution in [0.1, 0.15) is 28.2 Å². The van der Waals surface area contributed by atoms with Gasteiger partial charge in [0.15, 0.2) is 0 Å². The number of carbonyl (C=O) groups is 1. The number of fused-ring (bicyclic) bond motifs is 1. The average Bonchev–Trinajstić information content (AvgIpc) is 2.98. The molecule has 0 atom stereocenters. The lowest BCUT2D eigenvalue weighted by molar-refractivity contribution is 0.0697. The number of aromatic carboxylic acids is 1. The van der Waals surface area contributed by atoms with Gasteiger partial charge in [-0.2, -0.15) is 0 Å². The highest BCUT2D eigenvalue weighted by molar-refractivity contribution is 5.92. The monoisotopic (exact) mass is 354 g/mol. The highest BCUT2D eigenvalue weighted by Crippen LogP contribution is 2.21. The molecule has 1 heterocycles. The molecule has 2 aromatic carbocycles. The molecule has 136 valence electrons. The summed E-state index contributed by atoms with van der Waals surface area (Å²) in [4.78, 5) is 15.8. The van der Waals surface area contributed by atoms with E-state index in [4.69, 9.17) is 9.47 Å². The fourth-order valence-corrected chi connectivity index (χ4v) is 2.82. The largest absolute Gasteiger partial charge is 0.486 e. The van der Waals surface area contributed by atoms with Gasteiger partial charge in [-0.25, -0.2) is 9.78 Å². The van der Waals surface area contributed by atoms with E-state index >= 15 is 0 Å². The van der Waals surface area contributed by atoms with Gasteiger partial charge in [-0.1, -0.05) is 17.7 Å². The van der Waals surface area contributed by atoms with Crippen molar-refractivity contribution < 1.29 is 19.4 Å². The van der Waals surface area contributed by atoms with Gasteiger partial charge in [-0.05, 0) is 43.7 Å².